The molecule has 2 N–H and O–H groups in total. The van der Waals surface area contributed by atoms with E-state index in [-0.39, 0.29) is 6.04 Å². The van der Waals surface area contributed by atoms with Crippen molar-refractivity contribution in [1.29, 1.82) is 0 Å². The number of hydrogen-bond acceptors (Lipinski definition) is 2. The van der Waals surface area contributed by atoms with Crippen LogP contribution < -0.4 is 5.73 Å². The molecule has 1 atom stereocenters. The molecule has 0 spiro atoms. The third kappa shape index (κ3) is 2.77. The molecule has 17 heavy (non-hydrogen) atoms. The van der Waals surface area contributed by atoms with Crippen molar-refractivity contribution in [3.8, 4) is 5.69 Å². The normalized spacial score (nSPS) is 12.8. The summed E-state index contributed by atoms with van der Waals surface area (Å²) in [7, 11) is 0. The monoisotopic (exact) mass is 473 g/mol. The first kappa shape index (κ1) is 13.6. The minimum absolute atomic E-state index is 0.0106. The van der Waals surface area contributed by atoms with Gasteiger partial charge in [-0.25, -0.2) is 4.98 Å². The summed E-state index contributed by atoms with van der Waals surface area (Å²) in [6, 6.07) is 5.86. The van der Waals surface area contributed by atoms with Crippen LogP contribution in [-0.2, 0) is 0 Å². The summed E-state index contributed by atoms with van der Waals surface area (Å²) in [4.78, 5) is 4.25. The van der Waals surface area contributed by atoms with Gasteiger partial charge in [0.15, 0.2) is 0 Å². The Morgan fingerprint density at radius 2 is 2.12 bits per heavy atom. The number of hydrogen-bond donors (Lipinski definition) is 1. The molecule has 0 unspecified atom stereocenters. The molecule has 1 heterocycles. The van der Waals surface area contributed by atoms with Gasteiger partial charge in [-0.15, -0.1) is 0 Å². The lowest BCUT2D eigenvalue weighted by Crippen LogP contribution is -2.05. The number of rotatable bonds is 2. The van der Waals surface area contributed by atoms with Crippen molar-refractivity contribution in [2.75, 3.05) is 0 Å². The van der Waals surface area contributed by atoms with Crippen LogP contribution in [0.1, 0.15) is 18.5 Å². The Labute approximate surface area is 132 Å². The smallest absolute Gasteiger partial charge is 0.133 e. The van der Waals surface area contributed by atoms with E-state index in [2.05, 4.69) is 50.2 Å². The van der Waals surface area contributed by atoms with Crippen molar-refractivity contribution in [3.05, 3.63) is 42.5 Å². The fraction of sp³-hybridized carbons (Fsp3) is 0.182. The molecule has 0 saturated heterocycles. The van der Waals surface area contributed by atoms with Crippen molar-refractivity contribution < 1.29 is 0 Å². The van der Waals surface area contributed by atoms with E-state index in [1.165, 1.54) is 0 Å². The van der Waals surface area contributed by atoms with Gasteiger partial charge in [-0.05, 0) is 69.8 Å². The summed E-state index contributed by atoms with van der Waals surface area (Å²) in [5.41, 5.74) is 7.78. The second-order valence-corrected chi connectivity index (χ2v) is 6.15. The van der Waals surface area contributed by atoms with E-state index in [1.54, 1.807) is 6.33 Å². The van der Waals surface area contributed by atoms with Gasteiger partial charge < -0.3 is 5.73 Å². The minimum Gasteiger partial charge on any atom is -0.324 e. The molecule has 0 aliphatic heterocycles. The molecule has 0 aliphatic carbocycles. The first-order valence-electron chi connectivity index (χ1n) is 4.94. The average molecular weight is 473 g/mol. The second-order valence-electron chi connectivity index (χ2n) is 3.70. The Bertz CT molecular complexity index is 552. The topological polar surface area (TPSA) is 43.8 Å². The highest BCUT2D eigenvalue weighted by atomic mass is 127. The van der Waals surface area contributed by atoms with Crippen molar-refractivity contribution in [1.82, 2.24) is 9.55 Å². The fourth-order valence-electron chi connectivity index (χ4n) is 1.48. The zero-order chi connectivity index (χ0) is 12.6. The predicted octanol–water partition coefficient (Wildman–Crippen LogP) is 3.75. The maximum Gasteiger partial charge on any atom is 0.133 e. The van der Waals surface area contributed by atoms with Gasteiger partial charge in [0.2, 0.25) is 0 Å². The Morgan fingerprint density at radius 1 is 1.41 bits per heavy atom. The third-order valence-corrected chi connectivity index (χ3v) is 5.58. The third-order valence-electron chi connectivity index (χ3n) is 2.43. The Morgan fingerprint density at radius 3 is 2.59 bits per heavy atom. The van der Waals surface area contributed by atoms with Crippen LogP contribution in [0.3, 0.4) is 0 Å². The molecule has 3 nitrogen and oxygen atoms in total. The van der Waals surface area contributed by atoms with Crippen LogP contribution in [0.15, 0.2) is 24.5 Å². The summed E-state index contributed by atoms with van der Waals surface area (Å²) in [5.74, 6) is 0. The van der Waals surface area contributed by atoms with Gasteiger partial charge in [0.1, 0.15) is 13.7 Å². The zero-order valence-electron chi connectivity index (χ0n) is 8.99. The van der Waals surface area contributed by atoms with Gasteiger partial charge in [-0.2, -0.15) is 0 Å². The summed E-state index contributed by atoms with van der Waals surface area (Å²) < 4.78 is 3.99. The Kier molecular flexibility index (Phi) is 4.32. The van der Waals surface area contributed by atoms with Crippen molar-refractivity contribution in [2.45, 2.75) is 13.0 Å². The molecular formula is C11H10ClI2N3. The second kappa shape index (κ2) is 5.41. The van der Waals surface area contributed by atoms with Gasteiger partial charge >= 0.3 is 0 Å². The van der Waals surface area contributed by atoms with Crippen molar-refractivity contribution in [3.63, 3.8) is 0 Å². The van der Waals surface area contributed by atoms with Gasteiger partial charge in [0.25, 0.3) is 0 Å². The van der Waals surface area contributed by atoms with E-state index < -0.39 is 0 Å². The summed E-state index contributed by atoms with van der Waals surface area (Å²) in [5, 5.41) is 0.687. The summed E-state index contributed by atoms with van der Waals surface area (Å²) in [6.07, 6.45) is 1.77. The molecule has 0 saturated carbocycles. The fourth-order valence-corrected chi connectivity index (χ4v) is 2.67. The van der Waals surface area contributed by atoms with Crippen LogP contribution in [0.5, 0.6) is 0 Å². The summed E-state index contributed by atoms with van der Waals surface area (Å²) in [6.45, 7) is 1.94. The van der Waals surface area contributed by atoms with Crippen LogP contribution >= 0.6 is 56.8 Å². The molecule has 90 valence electrons. The van der Waals surface area contributed by atoms with Crippen LogP contribution in [-0.4, -0.2) is 9.55 Å². The average Bonchev–Trinajstić information content (AvgIpc) is 2.60. The highest BCUT2D eigenvalue weighted by molar-refractivity contribution is 14.1. The number of nitrogens with two attached hydrogens (primary N) is 1. The quantitative estimate of drug-likeness (QED) is 0.676. The Hall–Kier alpha value is 0.140. The molecule has 0 amide bonds. The number of imidazole rings is 1. The van der Waals surface area contributed by atoms with Gasteiger partial charge in [0.05, 0.1) is 10.7 Å². The SMILES string of the molecule is C[C@H](N)c1ccc(-n2cnc(I)c2I)c(Cl)c1. The highest BCUT2D eigenvalue weighted by Crippen LogP contribution is 2.27. The lowest BCUT2D eigenvalue weighted by atomic mass is 10.1. The Balaban J connectivity index is 2.50. The standard InChI is InChI=1S/C11H10ClI2N3/c1-6(15)7-2-3-9(8(12)4-7)17-5-16-10(13)11(17)14/h2-6H,15H2,1H3/t6-/m0/s1. The van der Waals surface area contributed by atoms with E-state index in [0.29, 0.717) is 5.02 Å². The summed E-state index contributed by atoms with van der Waals surface area (Å²) >= 11 is 10.7. The van der Waals surface area contributed by atoms with Crippen LogP contribution in [0.25, 0.3) is 5.69 Å². The number of aromatic nitrogens is 2. The van der Waals surface area contributed by atoms with Gasteiger partial charge in [-0.1, -0.05) is 17.7 Å². The molecule has 0 bridgehead atoms. The van der Waals surface area contributed by atoms with E-state index in [1.807, 2.05) is 29.7 Å². The molecule has 0 radical (unpaired) electrons. The van der Waals surface area contributed by atoms with Crippen LogP contribution in [0.4, 0.5) is 0 Å². The lowest BCUT2D eigenvalue weighted by Gasteiger charge is -2.11. The number of nitrogens with zero attached hydrogens (tertiary/aromatic N) is 2. The van der Waals surface area contributed by atoms with E-state index in [0.717, 1.165) is 18.7 Å². The molecule has 1 aromatic heterocycles. The number of benzene rings is 1. The van der Waals surface area contributed by atoms with E-state index >= 15 is 0 Å². The van der Waals surface area contributed by atoms with Crippen molar-refractivity contribution in [2.24, 2.45) is 5.73 Å². The molecule has 2 rings (SSSR count). The molecule has 1 aromatic carbocycles. The molecule has 6 heteroatoms. The van der Waals surface area contributed by atoms with Crippen LogP contribution in [0, 0.1) is 7.40 Å². The minimum atomic E-state index is -0.0106. The van der Waals surface area contributed by atoms with Gasteiger partial charge in [0, 0.05) is 6.04 Å². The lowest BCUT2D eigenvalue weighted by molar-refractivity contribution is 0.817. The van der Waals surface area contributed by atoms with Crippen LogP contribution in [0.2, 0.25) is 5.02 Å². The predicted molar refractivity (Wildman–Crippen MR) is 86.6 cm³/mol. The first-order valence-corrected chi connectivity index (χ1v) is 7.48. The maximum atomic E-state index is 6.28. The molecule has 0 aliphatic rings. The van der Waals surface area contributed by atoms with E-state index in [4.69, 9.17) is 17.3 Å². The maximum absolute atomic E-state index is 6.28. The molecule has 2 aromatic rings. The largest absolute Gasteiger partial charge is 0.324 e. The molecule has 0 fully saturated rings. The number of halogens is 3. The zero-order valence-corrected chi connectivity index (χ0v) is 14.1. The van der Waals surface area contributed by atoms with Gasteiger partial charge in [-0.3, -0.25) is 4.57 Å². The van der Waals surface area contributed by atoms with E-state index in [9.17, 15) is 0 Å². The molecular weight excluding hydrogens is 463 g/mol. The van der Waals surface area contributed by atoms with Crippen molar-refractivity contribution >= 4 is 56.8 Å². The highest BCUT2D eigenvalue weighted by Gasteiger charge is 2.11. The first-order chi connectivity index (χ1) is 8.00.